The Labute approximate surface area is 121 Å². The highest BCUT2D eigenvalue weighted by molar-refractivity contribution is 5.25. The number of benzene rings is 1. The van der Waals surface area contributed by atoms with Gasteiger partial charge < -0.3 is 5.32 Å². The lowest BCUT2D eigenvalue weighted by atomic mass is 10.0. The molecule has 2 rings (SSSR count). The van der Waals surface area contributed by atoms with Crippen LogP contribution in [0.4, 0.5) is 13.2 Å². The molecule has 2 aromatic rings. The molecule has 0 aliphatic rings. The molecule has 0 saturated carbocycles. The monoisotopic (exact) mass is 297 g/mol. The van der Waals surface area contributed by atoms with Crippen molar-refractivity contribution in [2.24, 2.45) is 7.05 Å². The van der Waals surface area contributed by atoms with Crippen molar-refractivity contribution < 1.29 is 13.2 Å². The summed E-state index contributed by atoms with van der Waals surface area (Å²) in [6.45, 7) is 2.00. The van der Waals surface area contributed by atoms with Gasteiger partial charge in [-0.15, -0.1) is 0 Å². The van der Waals surface area contributed by atoms with Crippen LogP contribution in [0.2, 0.25) is 0 Å². The smallest absolute Gasteiger partial charge is 0.194 e. The molecule has 0 bridgehead atoms. The second-order valence-corrected chi connectivity index (χ2v) is 4.91. The maximum absolute atomic E-state index is 13.9. The van der Waals surface area contributed by atoms with Gasteiger partial charge in [0.2, 0.25) is 0 Å². The van der Waals surface area contributed by atoms with Crippen LogP contribution in [-0.4, -0.2) is 16.8 Å². The number of hydrogen-bond acceptors (Lipinski definition) is 2. The molecule has 0 aliphatic carbocycles. The summed E-state index contributed by atoms with van der Waals surface area (Å²) >= 11 is 0. The first kappa shape index (κ1) is 15.6. The van der Waals surface area contributed by atoms with Crippen molar-refractivity contribution in [1.82, 2.24) is 15.1 Å². The molecule has 1 N–H and O–H groups in total. The zero-order valence-corrected chi connectivity index (χ0v) is 12.3. The van der Waals surface area contributed by atoms with Crippen molar-refractivity contribution in [2.75, 3.05) is 7.05 Å². The van der Waals surface area contributed by atoms with E-state index in [4.69, 9.17) is 0 Å². The van der Waals surface area contributed by atoms with Gasteiger partial charge in [0.05, 0.1) is 5.69 Å². The minimum atomic E-state index is -1.44. The van der Waals surface area contributed by atoms with Crippen molar-refractivity contribution in [1.29, 1.82) is 0 Å². The van der Waals surface area contributed by atoms with Crippen LogP contribution in [0.1, 0.15) is 29.9 Å². The Hall–Kier alpha value is -1.82. The fourth-order valence-electron chi connectivity index (χ4n) is 2.32. The topological polar surface area (TPSA) is 29.9 Å². The number of likely N-dealkylation sites (N-methyl/N-ethyl adjacent to an activating group) is 1. The molecule has 0 radical (unpaired) electrons. The minimum absolute atomic E-state index is 0.107. The normalized spacial score (nSPS) is 12.7. The molecule has 1 unspecified atom stereocenters. The van der Waals surface area contributed by atoms with Gasteiger partial charge in [0.15, 0.2) is 17.5 Å². The predicted molar refractivity (Wildman–Crippen MR) is 74.4 cm³/mol. The third-order valence-corrected chi connectivity index (χ3v) is 3.59. The van der Waals surface area contributed by atoms with Gasteiger partial charge in [0.1, 0.15) is 0 Å². The van der Waals surface area contributed by atoms with Gasteiger partial charge in [0.25, 0.3) is 0 Å². The maximum atomic E-state index is 13.9. The van der Waals surface area contributed by atoms with Gasteiger partial charge >= 0.3 is 0 Å². The molecule has 3 nitrogen and oxygen atoms in total. The molecular formula is C15H18F3N3. The number of rotatable bonds is 5. The highest BCUT2D eigenvalue weighted by atomic mass is 19.2. The lowest BCUT2D eigenvalue weighted by Crippen LogP contribution is -2.22. The molecule has 1 atom stereocenters. The van der Waals surface area contributed by atoms with Crippen LogP contribution in [0, 0.1) is 17.5 Å². The van der Waals surface area contributed by atoms with Gasteiger partial charge in [-0.1, -0.05) is 13.0 Å². The summed E-state index contributed by atoms with van der Waals surface area (Å²) in [5, 5.41) is 7.26. The summed E-state index contributed by atoms with van der Waals surface area (Å²) in [6, 6.07) is 3.69. The molecule has 1 aromatic heterocycles. The SMILES string of the molecule is CCc1cc(CC(NC)c2ccc(F)c(F)c2F)n(C)n1. The molecular weight excluding hydrogens is 279 g/mol. The number of nitrogens with zero attached hydrogens (tertiary/aromatic N) is 2. The Morgan fingerprint density at radius 1 is 1.24 bits per heavy atom. The minimum Gasteiger partial charge on any atom is -0.313 e. The van der Waals surface area contributed by atoms with E-state index >= 15 is 0 Å². The van der Waals surface area contributed by atoms with E-state index in [0.29, 0.717) is 6.42 Å². The molecule has 0 amide bonds. The number of aromatic nitrogens is 2. The Morgan fingerprint density at radius 2 is 1.95 bits per heavy atom. The summed E-state index contributed by atoms with van der Waals surface area (Å²) in [4.78, 5) is 0. The van der Waals surface area contributed by atoms with E-state index in [-0.39, 0.29) is 5.56 Å². The van der Waals surface area contributed by atoms with Crippen molar-refractivity contribution in [2.45, 2.75) is 25.8 Å². The largest absolute Gasteiger partial charge is 0.313 e. The van der Waals surface area contributed by atoms with E-state index in [0.717, 1.165) is 23.9 Å². The fraction of sp³-hybridized carbons (Fsp3) is 0.400. The number of aryl methyl sites for hydroxylation is 2. The Kier molecular flexibility index (Phi) is 4.67. The molecule has 0 spiro atoms. The van der Waals surface area contributed by atoms with Gasteiger partial charge in [-0.2, -0.15) is 5.10 Å². The lowest BCUT2D eigenvalue weighted by Gasteiger charge is -2.17. The van der Waals surface area contributed by atoms with Crippen molar-refractivity contribution in [3.63, 3.8) is 0 Å². The summed E-state index contributed by atoms with van der Waals surface area (Å²) in [5.41, 5.74) is 1.94. The van der Waals surface area contributed by atoms with Gasteiger partial charge in [0, 0.05) is 30.8 Å². The average Bonchev–Trinajstić information content (AvgIpc) is 2.83. The summed E-state index contributed by atoms with van der Waals surface area (Å²) in [7, 11) is 3.46. The zero-order valence-electron chi connectivity index (χ0n) is 12.3. The second-order valence-electron chi connectivity index (χ2n) is 4.91. The van der Waals surface area contributed by atoms with E-state index in [1.165, 1.54) is 6.07 Å². The first-order chi connectivity index (χ1) is 9.97. The Morgan fingerprint density at radius 3 is 2.52 bits per heavy atom. The Balaban J connectivity index is 2.32. The van der Waals surface area contributed by atoms with E-state index in [2.05, 4.69) is 10.4 Å². The van der Waals surface area contributed by atoms with Gasteiger partial charge in [-0.3, -0.25) is 4.68 Å². The van der Waals surface area contributed by atoms with E-state index < -0.39 is 23.5 Å². The zero-order chi connectivity index (χ0) is 15.6. The van der Waals surface area contributed by atoms with Crippen LogP contribution in [0.5, 0.6) is 0 Å². The summed E-state index contributed by atoms with van der Waals surface area (Å²) in [6.07, 6.45) is 1.24. The number of hydrogen-bond donors (Lipinski definition) is 1. The van der Waals surface area contributed by atoms with Crippen LogP contribution in [0.15, 0.2) is 18.2 Å². The molecule has 0 aliphatic heterocycles. The number of halogens is 3. The lowest BCUT2D eigenvalue weighted by molar-refractivity contribution is 0.427. The van der Waals surface area contributed by atoms with E-state index in [1.807, 2.05) is 20.0 Å². The van der Waals surface area contributed by atoms with Crippen molar-refractivity contribution in [3.8, 4) is 0 Å². The average molecular weight is 297 g/mol. The molecule has 6 heteroatoms. The van der Waals surface area contributed by atoms with Crippen LogP contribution in [0.25, 0.3) is 0 Å². The molecule has 1 heterocycles. The van der Waals surface area contributed by atoms with Crippen molar-refractivity contribution >= 4 is 0 Å². The van der Waals surface area contributed by atoms with E-state index in [1.54, 1.807) is 11.7 Å². The molecule has 114 valence electrons. The summed E-state index contributed by atoms with van der Waals surface area (Å²) < 4.78 is 42.0. The number of nitrogens with one attached hydrogen (secondary N) is 1. The van der Waals surface area contributed by atoms with Gasteiger partial charge in [-0.05, 0) is 25.6 Å². The first-order valence-corrected chi connectivity index (χ1v) is 6.80. The summed E-state index contributed by atoms with van der Waals surface area (Å²) in [5.74, 6) is -3.76. The fourth-order valence-corrected chi connectivity index (χ4v) is 2.32. The quantitative estimate of drug-likeness (QED) is 0.860. The third kappa shape index (κ3) is 3.10. The van der Waals surface area contributed by atoms with E-state index in [9.17, 15) is 13.2 Å². The van der Waals surface area contributed by atoms with Crippen LogP contribution in [0.3, 0.4) is 0 Å². The third-order valence-electron chi connectivity index (χ3n) is 3.59. The van der Waals surface area contributed by atoms with Gasteiger partial charge in [-0.25, -0.2) is 13.2 Å². The molecule has 0 fully saturated rings. The van der Waals surface area contributed by atoms with Crippen LogP contribution < -0.4 is 5.32 Å². The second kappa shape index (κ2) is 6.30. The molecule has 0 saturated heterocycles. The van der Waals surface area contributed by atoms with Crippen LogP contribution >= 0.6 is 0 Å². The molecule has 1 aromatic carbocycles. The maximum Gasteiger partial charge on any atom is 0.194 e. The highest BCUT2D eigenvalue weighted by Gasteiger charge is 2.21. The first-order valence-electron chi connectivity index (χ1n) is 6.80. The van der Waals surface area contributed by atoms with Crippen LogP contribution in [-0.2, 0) is 19.9 Å². The standard InChI is InChI=1S/C15H18F3N3/c1-4-9-7-10(21(3)20-9)8-13(19-2)11-5-6-12(16)15(18)14(11)17/h5-7,13,19H,4,8H2,1-3H3. The molecule has 21 heavy (non-hydrogen) atoms. The van der Waals surface area contributed by atoms with Crippen molar-refractivity contribution in [3.05, 3.63) is 52.6 Å². The Bertz CT molecular complexity index is 637. The highest BCUT2D eigenvalue weighted by Crippen LogP contribution is 2.24. The predicted octanol–water partition coefficient (Wildman–Crippen LogP) is 2.90.